The van der Waals surface area contributed by atoms with Gasteiger partial charge in [0.25, 0.3) is 0 Å². The molecular formula is C10H8N2OS. The average molecular weight is 204 g/mol. The number of hydrogen-bond acceptors (Lipinski definition) is 3. The third-order valence-electron chi connectivity index (χ3n) is 1.77. The second kappa shape index (κ2) is 3.75. The van der Waals surface area contributed by atoms with E-state index >= 15 is 0 Å². The summed E-state index contributed by atoms with van der Waals surface area (Å²) in [4.78, 5) is 20.1. The van der Waals surface area contributed by atoms with E-state index in [4.69, 9.17) is 0 Å². The largest absolute Gasteiger partial charge is 0.310 e. The van der Waals surface area contributed by atoms with Crippen molar-refractivity contribution in [3.05, 3.63) is 35.8 Å². The van der Waals surface area contributed by atoms with Crippen molar-refractivity contribution in [2.45, 2.75) is 0 Å². The highest BCUT2D eigenvalue weighted by molar-refractivity contribution is 8.18. The predicted octanol–water partition coefficient (Wildman–Crippen LogP) is 2.37. The first-order valence-corrected chi connectivity index (χ1v) is 4.98. The number of amides is 1. The Morgan fingerprint density at radius 1 is 1.64 bits per heavy atom. The van der Waals surface area contributed by atoms with E-state index in [0.29, 0.717) is 12.3 Å². The zero-order chi connectivity index (χ0) is 9.97. The molecule has 0 unspecified atom stereocenters. The first-order valence-electron chi connectivity index (χ1n) is 4.16. The van der Waals surface area contributed by atoms with Crippen molar-refractivity contribution < 1.29 is 4.79 Å². The van der Waals surface area contributed by atoms with Crippen LogP contribution >= 0.6 is 11.8 Å². The van der Waals surface area contributed by atoms with Crippen LogP contribution in [0, 0.1) is 0 Å². The van der Waals surface area contributed by atoms with Gasteiger partial charge in [-0.2, -0.15) is 0 Å². The molecule has 0 bridgehead atoms. The van der Waals surface area contributed by atoms with Gasteiger partial charge < -0.3 is 0 Å². The van der Waals surface area contributed by atoms with Crippen molar-refractivity contribution in [3.63, 3.8) is 0 Å². The topological polar surface area (TPSA) is 41.8 Å². The van der Waals surface area contributed by atoms with Crippen LogP contribution in [-0.4, -0.2) is 23.2 Å². The van der Waals surface area contributed by atoms with E-state index in [9.17, 15) is 4.79 Å². The summed E-state index contributed by atoms with van der Waals surface area (Å²) >= 11 is 1.15. The molecule has 0 N–H and O–H groups in total. The smallest absolute Gasteiger partial charge is 0.279 e. The minimum atomic E-state index is -0.166. The van der Waals surface area contributed by atoms with E-state index in [1.807, 2.05) is 18.2 Å². The van der Waals surface area contributed by atoms with Crippen molar-refractivity contribution in [1.82, 2.24) is 0 Å². The maximum atomic E-state index is 11.1. The van der Waals surface area contributed by atoms with Crippen molar-refractivity contribution >= 4 is 28.4 Å². The van der Waals surface area contributed by atoms with Crippen LogP contribution in [-0.2, 0) is 0 Å². The van der Waals surface area contributed by atoms with Crippen LogP contribution in [0.3, 0.4) is 0 Å². The Balaban J connectivity index is 2.34. The van der Waals surface area contributed by atoms with Gasteiger partial charge in [0.15, 0.2) is 0 Å². The number of rotatable bonds is 2. The maximum absolute atomic E-state index is 11.1. The Bertz CT molecular complexity index is 416. The van der Waals surface area contributed by atoms with Gasteiger partial charge in [0.05, 0.1) is 12.3 Å². The Morgan fingerprint density at radius 3 is 3.29 bits per heavy atom. The van der Waals surface area contributed by atoms with E-state index in [2.05, 4.69) is 16.6 Å². The Kier molecular flexibility index (Phi) is 2.45. The van der Waals surface area contributed by atoms with Crippen LogP contribution in [0.1, 0.15) is 0 Å². The summed E-state index contributed by atoms with van der Waals surface area (Å²) in [6.07, 6.45) is 7.32. The summed E-state index contributed by atoms with van der Waals surface area (Å²) in [6.45, 7) is 4.13. The lowest BCUT2D eigenvalue weighted by atomic mass is 10.1. The summed E-state index contributed by atoms with van der Waals surface area (Å²) in [5.74, 6) is 0. The van der Waals surface area contributed by atoms with E-state index in [0.717, 1.165) is 22.4 Å². The molecule has 0 aromatic carbocycles. The summed E-state index contributed by atoms with van der Waals surface area (Å²) in [5, 5.41) is -0.166. The fourth-order valence-electron chi connectivity index (χ4n) is 1.20. The molecule has 1 heterocycles. The molecule has 1 aliphatic carbocycles. The molecule has 4 heteroatoms. The standard InChI is InChI=1S/C10H8N2OS/c1-2-6-11-7-4-3-5-8-9(7)12-10(13)14-8/h2-5H,1,6H2. The molecule has 1 amide bonds. The fourth-order valence-corrected chi connectivity index (χ4v) is 1.92. The molecule has 0 spiro atoms. The van der Waals surface area contributed by atoms with Gasteiger partial charge in [0, 0.05) is 4.91 Å². The quantitative estimate of drug-likeness (QED) is 0.512. The van der Waals surface area contributed by atoms with E-state index in [1.54, 1.807) is 6.08 Å². The van der Waals surface area contributed by atoms with Crippen molar-refractivity contribution in [1.29, 1.82) is 0 Å². The van der Waals surface area contributed by atoms with Gasteiger partial charge in [0.2, 0.25) is 0 Å². The number of nitrogens with zero attached hydrogens (tertiary/aromatic N) is 2. The minimum absolute atomic E-state index is 0.166. The Labute approximate surface area is 86.0 Å². The highest BCUT2D eigenvalue weighted by Crippen LogP contribution is 2.29. The number of carbonyl (C=O) groups is 1. The number of carbonyl (C=O) groups excluding carboxylic acids is 1. The molecule has 0 atom stereocenters. The molecule has 0 aromatic heterocycles. The van der Waals surface area contributed by atoms with Crippen molar-refractivity contribution in [3.8, 4) is 0 Å². The molecular weight excluding hydrogens is 196 g/mol. The lowest BCUT2D eigenvalue weighted by Crippen LogP contribution is -2.13. The highest BCUT2D eigenvalue weighted by atomic mass is 32.2. The molecule has 0 aromatic rings. The molecule has 3 nitrogen and oxygen atoms in total. The zero-order valence-corrected chi connectivity index (χ0v) is 8.25. The summed E-state index contributed by atoms with van der Waals surface area (Å²) in [7, 11) is 0. The molecule has 0 saturated carbocycles. The van der Waals surface area contributed by atoms with E-state index in [1.165, 1.54) is 0 Å². The second-order valence-corrected chi connectivity index (χ2v) is 3.73. The maximum Gasteiger partial charge on any atom is 0.310 e. The first-order chi connectivity index (χ1) is 6.81. The van der Waals surface area contributed by atoms with Gasteiger partial charge in [-0.3, -0.25) is 9.79 Å². The monoisotopic (exact) mass is 204 g/mol. The van der Waals surface area contributed by atoms with Crippen LogP contribution in [0.2, 0.25) is 0 Å². The lowest BCUT2D eigenvalue weighted by Gasteiger charge is -2.05. The number of aliphatic imine (C=N–C) groups is 2. The molecule has 2 rings (SSSR count). The number of allylic oxidation sites excluding steroid dienone is 4. The zero-order valence-electron chi connectivity index (χ0n) is 7.43. The molecule has 14 heavy (non-hydrogen) atoms. The lowest BCUT2D eigenvalue weighted by molar-refractivity contribution is 0.268. The van der Waals surface area contributed by atoms with Crippen LogP contribution in [0.5, 0.6) is 0 Å². The normalized spacial score (nSPS) is 22.0. The van der Waals surface area contributed by atoms with Crippen molar-refractivity contribution in [2.24, 2.45) is 9.98 Å². The Hall–Kier alpha value is -1.42. The number of fused-ring (bicyclic) bond motifs is 1. The highest BCUT2D eigenvalue weighted by Gasteiger charge is 2.25. The fraction of sp³-hybridized carbons (Fsp3) is 0.100. The van der Waals surface area contributed by atoms with Gasteiger partial charge in [-0.05, 0) is 23.9 Å². The van der Waals surface area contributed by atoms with Crippen LogP contribution in [0.4, 0.5) is 4.79 Å². The molecule has 0 saturated heterocycles. The summed E-state index contributed by atoms with van der Waals surface area (Å²) in [6, 6.07) is 0. The Morgan fingerprint density at radius 2 is 2.50 bits per heavy atom. The number of hydrogen-bond donors (Lipinski definition) is 0. The van der Waals surface area contributed by atoms with Gasteiger partial charge in [-0.1, -0.05) is 12.2 Å². The molecule has 1 aliphatic heterocycles. The summed E-state index contributed by atoms with van der Waals surface area (Å²) in [5.41, 5.74) is 1.46. The molecule has 2 aliphatic rings. The van der Waals surface area contributed by atoms with E-state index < -0.39 is 0 Å². The van der Waals surface area contributed by atoms with Gasteiger partial charge in [-0.25, -0.2) is 4.99 Å². The van der Waals surface area contributed by atoms with Gasteiger partial charge in [-0.15, -0.1) is 6.58 Å². The average Bonchev–Trinajstić information content (AvgIpc) is 2.55. The van der Waals surface area contributed by atoms with Crippen LogP contribution in [0.25, 0.3) is 0 Å². The predicted molar refractivity (Wildman–Crippen MR) is 60.1 cm³/mol. The summed E-state index contributed by atoms with van der Waals surface area (Å²) < 4.78 is 0. The second-order valence-electron chi connectivity index (χ2n) is 2.73. The van der Waals surface area contributed by atoms with Gasteiger partial charge in [0.1, 0.15) is 5.71 Å². The van der Waals surface area contributed by atoms with Gasteiger partial charge >= 0.3 is 5.24 Å². The molecule has 0 radical (unpaired) electrons. The minimum Gasteiger partial charge on any atom is -0.279 e. The van der Waals surface area contributed by atoms with Crippen LogP contribution in [0.15, 0.2) is 45.8 Å². The van der Waals surface area contributed by atoms with Crippen molar-refractivity contribution in [2.75, 3.05) is 6.54 Å². The molecule has 70 valence electrons. The number of thioether (sulfide) groups is 1. The van der Waals surface area contributed by atoms with E-state index in [-0.39, 0.29) is 5.24 Å². The first kappa shape index (κ1) is 9.15. The SMILES string of the molecule is C=CCN=C1C=CC=C2SC(=O)N=C21. The third-order valence-corrected chi connectivity index (χ3v) is 2.58. The molecule has 0 fully saturated rings. The van der Waals surface area contributed by atoms with Crippen LogP contribution < -0.4 is 0 Å². The third kappa shape index (κ3) is 1.61.